The Balaban J connectivity index is 1.89. The number of rotatable bonds is 2. The summed E-state index contributed by atoms with van der Waals surface area (Å²) < 4.78 is 27.6. The number of nitrogens with two attached hydrogens (primary N) is 1. The third-order valence-corrected chi connectivity index (χ3v) is 3.81. The summed E-state index contributed by atoms with van der Waals surface area (Å²) in [6, 6.07) is 9.15. The Labute approximate surface area is 122 Å². The first kappa shape index (κ1) is 13.4. The highest BCUT2D eigenvalue weighted by atomic mass is 32.1. The molecule has 1 amide bonds. The third-order valence-electron chi connectivity index (χ3n) is 2.86. The number of nitrogens with zero attached hydrogens (tertiary/aromatic N) is 1. The van der Waals surface area contributed by atoms with Gasteiger partial charge in [0, 0.05) is 5.56 Å². The summed E-state index contributed by atoms with van der Waals surface area (Å²) >= 11 is 1.28. The average Bonchev–Trinajstić information content (AvgIpc) is 2.86. The number of nitrogen functional groups attached to an aromatic ring is 1. The summed E-state index contributed by atoms with van der Waals surface area (Å²) in [5.41, 5.74) is 5.15. The van der Waals surface area contributed by atoms with Gasteiger partial charge in [-0.2, -0.15) is 0 Å². The normalized spacial score (nSPS) is 10.8. The van der Waals surface area contributed by atoms with Gasteiger partial charge in [0.15, 0.2) is 5.13 Å². The molecule has 1 aromatic heterocycles. The number of fused-ring (bicyclic) bond motifs is 1. The zero-order valence-electron chi connectivity index (χ0n) is 10.6. The maximum absolute atomic E-state index is 13.3. The first-order chi connectivity index (χ1) is 10.0. The maximum Gasteiger partial charge on any atom is 0.257 e. The molecule has 0 saturated heterocycles. The number of anilines is 2. The van der Waals surface area contributed by atoms with Crippen molar-refractivity contribution in [2.75, 3.05) is 11.1 Å². The van der Waals surface area contributed by atoms with Crippen molar-refractivity contribution < 1.29 is 13.6 Å². The lowest BCUT2D eigenvalue weighted by atomic mass is 10.2. The number of amides is 1. The lowest BCUT2D eigenvalue weighted by Crippen LogP contribution is -2.13. The van der Waals surface area contributed by atoms with E-state index in [1.54, 1.807) is 0 Å². The fraction of sp³-hybridized carbons (Fsp3) is 0. The second kappa shape index (κ2) is 5.10. The lowest BCUT2D eigenvalue weighted by molar-refractivity contribution is 0.102. The van der Waals surface area contributed by atoms with E-state index in [9.17, 15) is 13.6 Å². The van der Waals surface area contributed by atoms with Gasteiger partial charge >= 0.3 is 0 Å². The predicted octanol–water partition coefficient (Wildman–Crippen LogP) is 3.41. The van der Waals surface area contributed by atoms with E-state index in [4.69, 9.17) is 5.73 Å². The maximum atomic E-state index is 13.3. The van der Waals surface area contributed by atoms with Crippen LogP contribution in [0.1, 0.15) is 10.4 Å². The summed E-state index contributed by atoms with van der Waals surface area (Å²) in [5, 5.41) is 2.88. The molecule has 0 radical (unpaired) electrons. The zero-order chi connectivity index (χ0) is 15.0. The summed E-state index contributed by atoms with van der Waals surface area (Å²) in [4.78, 5) is 16.2. The minimum absolute atomic E-state index is 0.154. The standard InChI is InChI=1S/C14H9F2N3OS/c15-8-5-7(6-9(16)12(8)17)13(20)19-14-18-10-3-1-2-4-11(10)21-14/h1-6H,17H2,(H,18,19,20). The molecule has 0 aliphatic heterocycles. The topological polar surface area (TPSA) is 68.0 Å². The van der Waals surface area contributed by atoms with Crippen molar-refractivity contribution in [1.82, 2.24) is 4.98 Å². The van der Waals surface area contributed by atoms with Gasteiger partial charge in [-0.15, -0.1) is 0 Å². The SMILES string of the molecule is Nc1c(F)cc(C(=O)Nc2nc3ccccc3s2)cc1F. The molecule has 0 bridgehead atoms. The number of benzene rings is 2. The second-order valence-corrected chi connectivity index (χ2v) is 5.33. The molecule has 3 rings (SSSR count). The van der Waals surface area contributed by atoms with Gasteiger partial charge < -0.3 is 5.73 Å². The summed E-state index contributed by atoms with van der Waals surface area (Å²) in [6.45, 7) is 0. The highest BCUT2D eigenvalue weighted by Crippen LogP contribution is 2.26. The molecule has 2 aromatic carbocycles. The molecular formula is C14H9F2N3OS. The molecule has 0 aliphatic rings. The molecule has 1 heterocycles. The van der Waals surface area contributed by atoms with Crippen LogP contribution in [0.5, 0.6) is 0 Å². The molecular weight excluding hydrogens is 296 g/mol. The van der Waals surface area contributed by atoms with E-state index in [0.717, 1.165) is 22.3 Å². The van der Waals surface area contributed by atoms with Crippen LogP contribution in [0, 0.1) is 11.6 Å². The van der Waals surface area contributed by atoms with Crippen LogP contribution < -0.4 is 11.1 Å². The van der Waals surface area contributed by atoms with Gasteiger partial charge in [0.25, 0.3) is 5.91 Å². The Morgan fingerprint density at radius 1 is 1.19 bits per heavy atom. The van der Waals surface area contributed by atoms with Crippen LogP contribution in [0.2, 0.25) is 0 Å². The number of thiazole rings is 1. The van der Waals surface area contributed by atoms with Gasteiger partial charge in [0.1, 0.15) is 17.3 Å². The largest absolute Gasteiger partial charge is 0.394 e. The van der Waals surface area contributed by atoms with Crippen LogP contribution in [0.4, 0.5) is 19.6 Å². The van der Waals surface area contributed by atoms with Gasteiger partial charge in [-0.25, -0.2) is 13.8 Å². The van der Waals surface area contributed by atoms with E-state index in [-0.39, 0.29) is 5.56 Å². The lowest BCUT2D eigenvalue weighted by Gasteiger charge is -2.04. The molecule has 3 N–H and O–H groups in total. The average molecular weight is 305 g/mol. The number of carbonyl (C=O) groups is 1. The molecule has 0 fully saturated rings. The van der Waals surface area contributed by atoms with Crippen molar-refractivity contribution in [2.45, 2.75) is 0 Å². The van der Waals surface area contributed by atoms with Crippen molar-refractivity contribution in [2.24, 2.45) is 0 Å². The second-order valence-electron chi connectivity index (χ2n) is 4.29. The van der Waals surface area contributed by atoms with Crippen LogP contribution in [-0.2, 0) is 0 Å². The summed E-state index contributed by atoms with van der Waals surface area (Å²) in [5.74, 6) is -2.58. The quantitative estimate of drug-likeness (QED) is 0.713. The Morgan fingerprint density at radius 2 is 1.86 bits per heavy atom. The highest BCUT2D eigenvalue weighted by molar-refractivity contribution is 7.22. The Morgan fingerprint density at radius 3 is 2.52 bits per heavy atom. The number of carbonyl (C=O) groups excluding carboxylic acids is 1. The first-order valence-corrected chi connectivity index (χ1v) is 6.77. The molecule has 4 nitrogen and oxygen atoms in total. The molecule has 0 atom stereocenters. The minimum atomic E-state index is -0.968. The first-order valence-electron chi connectivity index (χ1n) is 5.96. The number of hydrogen-bond acceptors (Lipinski definition) is 4. The van der Waals surface area contributed by atoms with Gasteiger partial charge in [-0.05, 0) is 24.3 Å². The molecule has 7 heteroatoms. The third kappa shape index (κ3) is 2.55. The zero-order valence-corrected chi connectivity index (χ0v) is 11.4. The fourth-order valence-electron chi connectivity index (χ4n) is 1.81. The van der Waals surface area contributed by atoms with Crippen LogP contribution in [-0.4, -0.2) is 10.9 Å². The monoisotopic (exact) mass is 305 g/mol. The molecule has 0 spiro atoms. The molecule has 0 saturated carbocycles. The van der Waals surface area contributed by atoms with Gasteiger partial charge in [0.2, 0.25) is 0 Å². The van der Waals surface area contributed by atoms with E-state index in [2.05, 4.69) is 10.3 Å². The van der Waals surface area contributed by atoms with Gasteiger partial charge in [-0.3, -0.25) is 10.1 Å². The number of hydrogen-bond donors (Lipinski definition) is 2. The summed E-state index contributed by atoms with van der Waals surface area (Å²) in [7, 11) is 0. The van der Waals surface area contributed by atoms with Crippen molar-refractivity contribution in [3.8, 4) is 0 Å². The van der Waals surface area contributed by atoms with Crippen molar-refractivity contribution >= 4 is 38.3 Å². The Kier molecular flexibility index (Phi) is 3.26. The minimum Gasteiger partial charge on any atom is -0.394 e. The number of para-hydroxylation sites is 1. The van der Waals surface area contributed by atoms with Crippen LogP contribution in [0.25, 0.3) is 10.2 Å². The van der Waals surface area contributed by atoms with E-state index in [1.165, 1.54) is 11.3 Å². The molecule has 0 unspecified atom stereocenters. The molecule has 106 valence electrons. The fourth-order valence-corrected chi connectivity index (χ4v) is 2.67. The van der Waals surface area contributed by atoms with E-state index in [0.29, 0.717) is 5.13 Å². The van der Waals surface area contributed by atoms with Gasteiger partial charge in [-0.1, -0.05) is 23.5 Å². The van der Waals surface area contributed by atoms with Crippen molar-refractivity contribution in [3.05, 3.63) is 53.6 Å². The Hall–Kier alpha value is -2.54. The highest BCUT2D eigenvalue weighted by Gasteiger charge is 2.14. The van der Waals surface area contributed by atoms with Crippen LogP contribution in [0.3, 0.4) is 0 Å². The van der Waals surface area contributed by atoms with Crippen LogP contribution in [0.15, 0.2) is 36.4 Å². The van der Waals surface area contributed by atoms with E-state index in [1.807, 2.05) is 24.3 Å². The van der Waals surface area contributed by atoms with E-state index >= 15 is 0 Å². The molecule has 3 aromatic rings. The Bertz CT molecular complexity index is 791. The smallest absolute Gasteiger partial charge is 0.257 e. The number of aromatic nitrogens is 1. The molecule has 21 heavy (non-hydrogen) atoms. The van der Waals surface area contributed by atoms with E-state index < -0.39 is 23.2 Å². The van der Waals surface area contributed by atoms with Crippen molar-refractivity contribution in [3.63, 3.8) is 0 Å². The number of halogens is 2. The van der Waals surface area contributed by atoms with Crippen LogP contribution >= 0.6 is 11.3 Å². The van der Waals surface area contributed by atoms with Crippen molar-refractivity contribution in [1.29, 1.82) is 0 Å². The number of nitrogens with one attached hydrogen (secondary N) is 1. The summed E-state index contributed by atoms with van der Waals surface area (Å²) in [6.07, 6.45) is 0. The van der Waals surface area contributed by atoms with Gasteiger partial charge in [0.05, 0.1) is 10.2 Å². The molecule has 0 aliphatic carbocycles. The predicted molar refractivity (Wildman–Crippen MR) is 78.3 cm³/mol.